The predicted molar refractivity (Wildman–Crippen MR) is 139 cm³/mol. The molecule has 2 N–H and O–H groups in total. The monoisotopic (exact) mass is 485 g/mol. The number of anilines is 1. The van der Waals surface area contributed by atoms with Gasteiger partial charge in [-0.3, -0.25) is 9.69 Å². The van der Waals surface area contributed by atoms with Gasteiger partial charge >= 0.3 is 0 Å². The van der Waals surface area contributed by atoms with Gasteiger partial charge in [-0.05, 0) is 74.2 Å². The Kier molecular flexibility index (Phi) is 6.98. The molecule has 35 heavy (non-hydrogen) atoms. The predicted octanol–water partition coefficient (Wildman–Crippen LogP) is 3.97. The van der Waals surface area contributed by atoms with Crippen LogP contribution in [0.15, 0.2) is 60.9 Å². The minimum atomic E-state index is -0.157. The molecule has 1 amide bonds. The van der Waals surface area contributed by atoms with Gasteiger partial charge in [0.2, 0.25) is 5.91 Å². The number of rotatable bonds is 4. The number of carbonyl (C=O) groups is 1. The minimum absolute atomic E-state index is 0.0377. The number of piperidine rings is 1. The second-order valence-corrected chi connectivity index (χ2v) is 9.63. The summed E-state index contributed by atoms with van der Waals surface area (Å²) in [6.07, 6.45) is 6.51. The molecule has 2 fully saturated rings. The van der Waals surface area contributed by atoms with E-state index >= 15 is 0 Å². The number of likely N-dealkylation sites (tertiary alicyclic amines) is 1. The first kappa shape index (κ1) is 23.3. The largest absolute Gasteiger partial charge is 0.369 e. The van der Waals surface area contributed by atoms with Crippen molar-refractivity contribution in [3.8, 4) is 23.0 Å². The first-order chi connectivity index (χ1) is 17.0. The van der Waals surface area contributed by atoms with Crippen LogP contribution in [0.2, 0.25) is 5.02 Å². The number of halogens is 1. The summed E-state index contributed by atoms with van der Waals surface area (Å²) in [6.45, 7) is 3.84. The summed E-state index contributed by atoms with van der Waals surface area (Å²) in [5.74, 6) is 7.15. The number of hydrogen-bond acceptors (Lipinski definition) is 5. The van der Waals surface area contributed by atoms with Gasteiger partial charge in [-0.15, -0.1) is 0 Å². The molecule has 0 aliphatic carbocycles. The quantitative estimate of drug-likeness (QED) is 0.566. The van der Waals surface area contributed by atoms with Crippen molar-refractivity contribution >= 4 is 23.3 Å². The van der Waals surface area contributed by atoms with Crippen molar-refractivity contribution in [2.45, 2.75) is 25.3 Å². The van der Waals surface area contributed by atoms with Gasteiger partial charge in [0.15, 0.2) is 0 Å². The second-order valence-electron chi connectivity index (χ2n) is 9.20. The van der Waals surface area contributed by atoms with E-state index in [9.17, 15) is 4.79 Å². The number of carbonyl (C=O) groups excluding carboxylic acids is 1. The van der Waals surface area contributed by atoms with Gasteiger partial charge in [0.25, 0.3) is 0 Å². The highest BCUT2D eigenvalue weighted by molar-refractivity contribution is 6.30. The number of nitrogens with two attached hydrogens (primary N) is 1. The maximum absolute atomic E-state index is 11.4. The minimum Gasteiger partial charge on any atom is -0.369 e. The molecule has 2 aromatic heterocycles. The van der Waals surface area contributed by atoms with Crippen LogP contribution in [0.4, 0.5) is 5.82 Å². The van der Waals surface area contributed by atoms with Crippen LogP contribution < -0.4 is 10.6 Å². The summed E-state index contributed by atoms with van der Waals surface area (Å²) < 4.78 is 0. The zero-order chi connectivity index (χ0) is 24.2. The highest BCUT2D eigenvalue weighted by Crippen LogP contribution is 2.26. The molecule has 1 unspecified atom stereocenters. The number of primary amides is 1. The van der Waals surface area contributed by atoms with Gasteiger partial charge in [-0.25, -0.2) is 9.97 Å². The third kappa shape index (κ3) is 5.64. The fourth-order valence-corrected chi connectivity index (χ4v) is 4.99. The van der Waals surface area contributed by atoms with E-state index in [1.54, 1.807) is 0 Å². The molecule has 2 saturated heterocycles. The van der Waals surface area contributed by atoms with Gasteiger partial charge in [0.05, 0.1) is 0 Å². The molecule has 7 heteroatoms. The molecule has 0 radical (unpaired) electrons. The van der Waals surface area contributed by atoms with Crippen molar-refractivity contribution in [1.29, 1.82) is 0 Å². The number of nitrogens with zero attached hydrogens (tertiary/aromatic N) is 4. The standard InChI is InChI=1S/C28H28ClN5O/c29-24-6-3-21(4-7-24)23-5-9-25(31-18-23)8-1-20-2-10-27(32-17-20)34-16-13-26(19-34)33-14-11-22(12-15-33)28(30)35/h2-7,9-10,17-18,22,26H,11-16,19H2,(H2,30,35). The number of pyridine rings is 2. The Morgan fingerprint density at radius 1 is 0.886 bits per heavy atom. The van der Waals surface area contributed by atoms with Crippen LogP contribution in [-0.2, 0) is 4.79 Å². The zero-order valence-corrected chi connectivity index (χ0v) is 20.3. The van der Waals surface area contributed by atoms with E-state index in [4.69, 9.17) is 17.3 Å². The van der Waals surface area contributed by atoms with E-state index in [-0.39, 0.29) is 11.8 Å². The first-order valence-corrected chi connectivity index (χ1v) is 12.4. The van der Waals surface area contributed by atoms with Crippen LogP contribution in [0.5, 0.6) is 0 Å². The Bertz CT molecular complexity index is 1220. The number of aromatic nitrogens is 2. The normalized spacial score (nSPS) is 18.8. The van der Waals surface area contributed by atoms with Crippen molar-refractivity contribution in [3.05, 3.63) is 77.2 Å². The van der Waals surface area contributed by atoms with Crippen LogP contribution in [0.25, 0.3) is 11.1 Å². The molecule has 4 heterocycles. The Hall–Kier alpha value is -3.40. The molecule has 0 saturated carbocycles. The molecule has 0 bridgehead atoms. The molecular weight excluding hydrogens is 458 g/mol. The van der Waals surface area contributed by atoms with E-state index in [2.05, 4.69) is 31.6 Å². The molecule has 178 valence electrons. The maximum atomic E-state index is 11.4. The molecule has 3 aromatic rings. The zero-order valence-electron chi connectivity index (χ0n) is 19.5. The van der Waals surface area contributed by atoms with Gasteiger partial charge in [-0.1, -0.05) is 35.7 Å². The van der Waals surface area contributed by atoms with Gasteiger partial charge in [0, 0.05) is 53.6 Å². The Balaban J connectivity index is 1.17. The molecule has 2 aliphatic heterocycles. The van der Waals surface area contributed by atoms with Crippen molar-refractivity contribution in [1.82, 2.24) is 14.9 Å². The van der Waals surface area contributed by atoms with E-state index in [1.807, 2.05) is 60.9 Å². The Labute approximate surface area is 211 Å². The lowest BCUT2D eigenvalue weighted by Gasteiger charge is -2.34. The van der Waals surface area contributed by atoms with Crippen LogP contribution in [0, 0.1) is 17.8 Å². The van der Waals surface area contributed by atoms with E-state index in [0.717, 1.165) is 73.0 Å². The summed E-state index contributed by atoms with van der Waals surface area (Å²) in [5, 5.41) is 0.718. The summed E-state index contributed by atoms with van der Waals surface area (Å²) >= 11 is 5.97. The lowest BCUT2D eigenvalue weighted by Crippen LogP contribution is -2.45. The number of benzene rings is 1. The first-order valence-electron chi connectivity index (χ1n) is 12.0. The van der Waals surface area contributed by atoms with Gasteiger partial charge < -0.3 is 10.6 Å². The van der Waals surface area contributed by atoms with Crippen molar-refractivity contribution in [3.63, 3.8) is 0 Å². The van der Waals surface area contributed by atoms with Gasteiger partial charge in [0.1, 0.15) is 11.5 Å². The molecule has 2 aliphatic rings. The second kappa shape index (κ2) is 10.5. The third-order valence-electron chi connectivity index (χ3n) is 6.96. The average Bonchev–Trinajstić information content (AvgIpc) is 3.39. The Morgan fingerprint density at radius 3 is 2.31 bits per heavy atom. The van der Waals surface area contributed by atoms with Crippen molar-refractivity contribution in [2.24, 2.45) is 11.7 Å². The van der Waals surface area contributed by atoms with Crippen LogP contribution in [0.1, 0.15) is 30.5 Å². The fraction of sp³-hybridized carbons (Fsp3) is 0.321. The fourth-order valence-electron chi connectivity index (χ4n) is 4.86. The summed E-state index contributed by atoms with van der Waals surface area (Å²) in [4.78, 5) is 25.4. The summed E-state index contributed by atoms with van der Waals surface area (Å²) in [7, 11) is 0. The van der Waals surface area contributed by atoms with Gasteiger partial charge in [-0.2, -0.15) is 0 Å². The molecular formula is C28H28ClN5O. The molecule has 0 spiro atoms. The van der Waals surface area contributed by atoms with E-state index in [0.29, 0.717) is 11.7 Å². The van der Waals surface area contributed by atoms with Crippen molar-refractivity contribution in [2.75, 3.05) is 31.1 Å². The van der Waals surface area contributed by atoms with Crippen LogP contribution in [-0.4, -0.2) is 53.0 Å². The highest BCUT2D eigenvalue weighted by Gasteiger charge is 2.32. The topological polar surface area (TPSA) is 75.4 Å². The van der Waals surface area contributed by atoms with Crippen LogP contribution >= 0.6 is 11.6 Å². The summed E-state index contributed by atoms with van der Waals surface area (Å²) in [5.41, 5.74) is 9.15. The van der Waals surface area contributed by atoms with Crippen molar-refractivity contribution < 1.29 is 4.79 Å². The lowest BCUT2D eigenvalue weighted by atomic mass is 9.95. The maximum Gasteiger partial charge on any atom is 0.220 e. The van der Waals surface area contributed by atoms with E-state index in [1.165, 1.54) is 0 Å². The smallest absolute Gasteiger partial charge is 0.220 e. The highest BCUT2D eigenvalue weighted by atomic mass is 35.5. The summed E-state index contributed by atoms with van der Waals surface area (Å²) in [6, 6.07) is 16.2. The van der Waals surface area contributed by atoms with Crippen LogP contribution in [0.3, 0.4) is 0 Å². The average molecular weight is 486 g/mol. The third-order valence-corrected chi connectivity index (χ3v) is 7.21. The van der Waals surface area contributed by atoms with E-state index < -0.39 is 0 Å². The molecule has 5 rings (SSSR count). The lowest BCUT2D eigenvalue weighted by molar-refractivity contribution is -0.123. The number of hydrogen-bond donors (Lipinski definition) is 1. The number of amides is 1. The SMILES string of the molecule is NC(=O)C1CCN(C2CCN(c3ccc(C#Cc4ccc(-c5ccc(Cl)cc5)cn4)cn3)C2)CC1. The molecule has 1 atom stereocenters. The Morgan fingerprint density at radius 2 is 1.66 bits per heavy atom. The molecule has 1 aromatic carbocycles. The molecule has 6 nitrogen and oxygen atoms in total.